The second-order valence-electron chi connectivity index (χ2n) is 5.66. The average molecular weight is 324 g/mol. The van der Waals surface area contributed by atoms with Crippen molar-refractivity contribution in [2.24, 2.45) is 11.7 Å². The van der Waals surface area contributed by atoms with Gasteiger partial charge in [-0.1, -0.05) is 32.0 Å². The number of hydrogen-bond donors (Lipinski definition) is 3. The summed E-state index contributed by atoms with van der Waals surface area (Å²) in [4.78, 5) is 26.4. The minimum atomic E-state index is -0.515. The topological polar surface area (TPSA) is 88.0 Å². The number of para-hydroxylation sites is 1. The highest BCUT2D eigenvalue weighted by molar-refractivity contribution is 5.85. The molecular weight excluding hydrogens is 302 g/mol. The highest BCUT2D eigenvalue weighted by Gasteiger charge is 2.15. The predicted octanol–water partition coefficient (Wildman–Crippen LogP) is 1.94. The van der Waals surface area contributed by atoms with E-state index < -0.39 is 6.04 Å². The van der Waals surface area contributed by atoms with Crippen molar-refractivity contribution in [3.8, 4) is 0 Å². The molecule has 2 aromatic rings. The van der Waals surface area contributed by atoms with Gasteiger partial charge in [-0.25, -0.2) is 0 Å². The van der Waals surface area contributed by atoms with Crippen LogP contribution in [0, 0.1) is 5.92 Å². The van der Waals surface area contributed by atoms with Crippen LogP contribution in [-0.2, 0) is 11.3 Å². The maximum atomic E-state index is 12.0. The molecule has 0 aliphatic heterocycles. The molecule has 4 N–H and O–H groups in total. The highest BCUT2D eigenvalue weighted by atomic mass is 35.5. The number of hydrogen-bond acceptors (Lipinski definition) is 3. The van der Waals surface area contributed by atoms with Gasteiger partial charge in [0.1, 0.15) is 0 Å². The third kappa shape index (κ3) is 4.58. The minimum Gasteiger partial charge on any atom is -0.351 e. The van der Waals surface area contributed by atoms with Crippen LogP contribution in [-0.4, -0.2) is 16.9 Å². The number of halogens is 1. The minimum absolute atomic E-state index is 0. The lowest BCUT2D eigenvalue weighted by Crippen LogP contribution is -2.41. The smallest absolute Gasteiger partial charge is 0.248 e. The molecule has 120 valence electrons. The molecule has 0 fully saturated rings. The van der Waals surface area contributed by atoms with Crippen molar-refractivity contribution in [1.82, 2.24) is 10.3 Å². The van der Waals surface area contributed by atoms with Gasteiger partial charge < -0.3 is 16.0 Å². The summed E-state index contributed by atoms with van der Waals surface area (Å²) in [5, 5.41) is 3.73. The fraction of sp³-hybridized carbons (Fsp3) is 0.375. The maximum absolute atomic E-state index is 12.0. The number of aromatic amines is 1. The number of fused-ring (bicyclic) bond motifs is 1. The zero-order chi connectivity index (χ0) is 15.4. The summed E-state index contributed by atoms with van der Waals surface area (Å²) in [5.41, 5.74) is 7.22. The standard InChI is InChI=1S/C16H21N3O2.ClH/c1-10(2)7-13(17)16(21)18-9-11-8-15(20)19-14-6-4-3-5-12(11)14;/h3-6,8,10,13H,7,9,17H2,1-2H3,(H,18,21)(H,19,20);1H/t13-;/m0./s1. The Morgan fingerprint density at radius 1 is 1.32 bits per heavy atom. The van der Waals surface area contributed by atoms with E-state index in [1.807, 2.05) is 38.1 Å². The molecule has 5 nitrogen and oxygen atoms in total. The lowest BCUT2D eigenvalue weighted by atomic mass is 10.0. The molecule has 1 aromatic carbocycles. The third-order valence-corrected chi connectivity index (χ3v) is 3.35. The molecule has 0 saturated carbocycles. The first kappa shape index (κ1) is 18.2. The summed E-state index contributed by atoms with van der Waals surface area (Å²) in [5.74, 6) is 0.180. The number of carbonyl (C=O) groups excluding carboxylic acids is 1. The lowest BCUT2D eigenvalue weighted by Gasteiger charge is -2.14. The Kier molecular flexibility index (Phi) is 6.59. The Morgan fingerprint density at radius 3 is 2.68 bits per heavy atom. The van der Waals surface area contributed by atoms with Crippen molar-refractivity contribution >= 4 is 29.2 Å². The summed E-state index contributed by atoms with van der Waals surface area (Å²) in [6.45, 7) is 4.35. The van der Waals surface area contributed by atoms with E-state index in [0.29, 0.717) is 18.9 Å². The van der Waals surface area contributed by atoms with Crippen LogP contribution in [0.4, 0.5) is 0 Å². The number of nitrogens with two attached hydrogens (primary N) is 1. The number of benzene rings is 1. The van der Waals surface area contributed by atoms with Gasteiger partial charge >= 0.3 is 0 Å². The van der Waals surface area contributed by atoms with Gasteiger partial charge in [-0.15, -0.1) is 12.4 Å². The van der Waals surface area contributed by atoms with Gasteiger partial charge in [-0.3, -0.25) is 9.59 Å². The van der Waals surface area contributed by atoms with E-state index >= 15 is 0 Å². The molecule has 1 heterocycles. The van der Waals surface area contributed by atoms with Crippen molar-refractivity contribution in [1.29, 1.82) is 0 Å². The first-order valence-electron chi connectivity index (χ1n) is 7.11. The zero-order valence-corrected chi connectivity index (χ0v) is 13.6. The molecular formula is C16H22ClN3O2. The van der Waals surface area contributed by atoms with Gasteiger partial charge in [0, 0.05) is 23.5 Å². The van der Waals surface area contributed by atoms with Crippen molar-refractivity contribution in [2.75, 3.05) is 0 Å². The Morgan fingerprint density at radius 2 is 2.00 bits per heavy atom. The van der Waals surface area contributed by atoms with Crippen LogP contribution >= 0.6 is 12.4 Å². The normalized spacial score (nSPS) is 12.0. The van der Waals surface area contributed by atoms with Gasteiger partial charge in [0.05, 0.1) is 6.04 Å². The highest BCUT2D eigenvalue weighted by Crippen LogP contribution is 2.14. The maximum Gasteiger partial charge on any atom is 0.248 e. The van der Waals surface area contributed by atoms with Crippen LogP contribution in [0.5, 0.6) is 0 Å². The Bertz CT molecular complexity index is 697. The number of H-pyrrole nitrogens is 1. The lowest BCUT2D eigenvalue weighted by molar-refractivity contribution is -0.122. The van der Waals surface area contributed by atoms with Gasteiger partial charge in [-0.2, -0.15) is 0 Å². The van der Waals surface area contributed by atoms with Crippen LogP contribution in [0.2, 0.25) is 0 Å². The molecule has 0 spiro atoms. The second-order valence-corrected chi connectivity index (χ2v) is 5.66. The van der Waals surface area contributed by atoms with Crippen LogP contribution < -0.4 is 16.6 Å². The second kappa shape index (κ2) is 7.96. The molecule has 1 aromatic heterocycles. The summed E-state index contributed by atoms with van der Waals surface area (Å²) in [7, 11) is 0. The summed E-state index contributed by atoms with van der Waals surface area (Å²) < 4.78 is 0. The molecule has 0 aliphatic rings. The number of pyridine rings is 1. The van der Waals surface area contributed by atoms with E-state index in [1.54, 1.807) is 0 Å². The number of nitrogens with one attached hydrogen (secondary N) is 2. The van der Waals surface area contributed by atoms with E-state index in [-0.39, 0.29) is 23.9 Å². The number of carbonyl (C=O) groups is 1. The van der Waals surface area contributed by atoms with E-state index in [1.165, 1.54) is 6.07 Å². The van der Waals surface area contributed by atoms with Crippen molar-refractivity contribution in [3.63, 3.8) is 0 Å². The molecule has 0 aliphatic carbocycles. The van der Waals surface area contributed by atoms with Gasteiger partial charge in [0.2, 0.25) is 11.5 Å². The fourth-order valence-electron chi connectivity index (χ4n) is 2.35. The van der Waals surface area contributed by atoms with Crippen LogP contribution in [0.15, 0.2) is 35.1 Å². The molecule has 22 heavy (non-hydrogen) atoms. The van der Waals surface area contributed by atoms with Gasteiger partial charge in [-0.05, 0) is 24.0 Å². The fourth-order valence-corrected chi connectivity index (χ4v) is 2.35. The van der Waals surface area contributed by atoms with Gasteiger partial charge in [0.15, 0.2) is 0 Å². The molecule has 1 amide bonds. The monoisotopic (exact) mass is 323 g/mol. The van der Waals surface area contributed by atoms with E-state index in [4.69, 9.17) is 5.73 Å². The summed E-state index contributed by atoms with van der Waals surface area (Å²) >= 11 is 0. The van der Waals surface area contributed by atoms with Crippen LogP contribution in [0.3, 0.4) is 0 Å². The van der Waals surface area contributed by atoms with Crippen molar-refractivity contribution in [3.05, 3.63) is 46.2 Å². The molecule has 1 atom stereocenters. The van der Waals surface area contributed by atoms with Crippen LogP contribution in [0.25, 0.3) is 10.9 Å². The van der Waals surface area contributed by atoms with E-state index in [9.17, 15) is 9.59 Å². The number of aromatic nitrogens is 1. The molecule has 2 rings (SSSR count). The SMILES string of the molecule is CC(C)C[C@H](N)C(=O)NCc1cc(=O)[nH]c2ccccc12.Cl. The summed E-state index contributed by atoms with van der Waals surface area (Å²) in [6.07, 6.45) is 0.641. The Balaban J connectivity index is 0.00000242. The number of amides is 1. The van der Waals surface area contributed by atoms with E-state index in [2.05, 4.69) is 10.3 Å². The third-order valence-electron chi connectivity index (χ3n) is 3.35. The van der Waals surface area contributed by atoms with Crippen molar-refractivity contribution < 1.29 is 4.79 Å². The summed E-state index contributed by atoms with van der Waals surface area (Å²) in [6, 6.07) is 8.51. The largest absolute Gasteiger partial charge is 0.351 e. The molecule has 0 saturated heterocycles. The van der Waals surface area contributed by atoms with E-state index in [0.717, 1.165) is 16.5 Å². The first-order chi connectivity index (χ1) is 9.97. The first-order valence-corrected chi connectivity index (χ1v) is 7.11. The molecule has 6 heteroatoms. The van der Waals surface area contributed by atoms with Crippen molar-refractivity contribution in [2.45, 2.75) is 32.9 Å². The van der Waals surface area contributed by atoms with Crippen LogP contribution in [0.1, 0.15) is 25.8 Å². The number of rotatable bonds is 5. The average Bonchev–Trinajstić information content (AvgIpc) is 2.43. The van der Waals surface area contributed by atoms with Gasteiger partial charge in [0.25, 0.3) is 0 Å². The molecule has 0 unspecified atom stereocenters. The Hall–Kier alpha value is -1.85. The Labute approximate surface area is 135 Å². The predicted molar refractivity (Wildman–Crippen MR) is 91.1 cm³/mol. The molecule has 0 bridgehead atoms. The quantitative estimate of drug-likeness (QED) is 0.785. The molecule has 0 radical (unpaired) electrons. The zero-order valence-electron chi connectivity index (χ0n) is 12.8.